The predicted octanol–water partition coefficient (Wildman–Crippen LogP) is 1.49. The largest absolute Gasteiger partial charge is 0.395 e. The van der Waals surface area contributed by atoms with E-state index in [0.29, 0.717) is 17.6 Å². The zero-order chi connectivity index (χ0) is 10.4. The van der Waals surface area contributed by atoms with Crippen LogP contribution in [0.2, 0.25) is 5.15 Å². The second-order valence-electron chi connectivity index (χ2n) is 2.91. The van der Waals surface area contributed by atoms with Gasteiger partial charge in [0.25, 0.3) is 0 Å². The standard InChI is InChI=1S/C9H14ClN3O/c1-2-3-7-6-8(10)13-9(12-7)11-4-5-14/h6,14H,2-5H2,1H3,(H,11,12,13). The third kappa shape index (κ3) is 3.47. The van der Waals surface area contributed by atoms with Gasteiger partial charge in [0.15, 0.2) is 0 Å². The molecular formula is C9H14ClN3O. The molecule has 4 nitrogen and oxygen atoms in total. The zero-order valence-corrected chi connectivity index (χ0v) is 8.88. The fourth-order valence-corrected chi connectivity index (χ4v) is 1.30. The van der Waals surface area contributed by atoms with Crippen molar-refractivity contribution in [2.75, 3.05) is 18.5 Å². The van der Waals surface area contributed by atoms with Crippen LogP contribution in [0.4, 0.5) is 5.95 Å². The lowest BCUT2D eigenvalue weighted by atomic mass is 10.2. The molecule has 5 heteroatoms. The quantitative estimate of drug-likeness (QED) is 0.731. The highest BCUT2D eigenvalue weighted by molar-refractivity contribution is 6.29. The number of halogens is 1. The monoisotopic (exact) mass is 215 g/mol. The lowest BCUT2D eigenvalue weighted by Gasteiger charge is -2.05. The first kappa shape index (κ1) is 11.2. The van der Waals surface area contributed by atoms with Crippen LogP contribution in [-0.2, 0) is 6.42 Å². The van der Waals surface area contributed by atoms with Crippen molar-refractivity contribution in [1.82, 2.24) is 9.97 Å². The second-order valence-corrected chi connectivity index (χ2v) is 3.29. The topological polar surface area (TPSA) is 58.0 Å². The SMILES string of the molecule is CCCc1cc(Cl)nc(NCCO)n1. The number of anilines is 1. The van der Waals surface area contributed by atoms with E-state index in [0.717, 1.165) is 18.5 Å². The van der Waals surface area contributed by atoms with E-state index in [9.17, 15) is 0 Å². The Balaban J connectivity index is 2.73. The van der Waals surface area contributed by atoms with Crippen molar-refractivity contribution in [2.24, 2.45) is 0 Å². The number of aryl methyl sites for hydroxylation is 1. The van der Waals surface area contributed by atoms with E-state index in [4.69, 9.17) is 16.7 Å². The fourth-order valence-electron chi connectivity index (χ4n) is 1.10. The Morgan fingerprint density at radius 3 is 2.93 bits per heavy atom. The van der Waals surface area contributed by atoms with Gasteiger partial charge in [0, 0.05) is 12.2 Å². The maximum absolute atomic E-state index is 8.62. The van der Waals surface area contributed by atoms with Gasteiger partial charge in [-0.05, 0) is 12.5 Å². The Bertz CT molecular complexity index is 293. The lowest BCUT2D eigenvalue weighted by Crippen LogP contribution is -2.09. The van der Waals surface area contributed by atoms with Crippen molar-refractivity contribution in [3.8, 4) is 0 Å². The van der Waals surface area contributed by atoms with Crippen LogP contribution in [0.25, 0.3) is 0 Å². The summed E-state index contributed by atoms with van der Waals surface area (Å²) in [5, 5.41) is 11.9. The highest BCUT2D eigenvalue weighted by atomic mass is 35.5. The van der Waals surface area contributed by atoms with Gasteiger partial charge in [-0.1, -0.05) is 24.9 Å². The van der Waals surface area contributed by atoms with Crippen LogP contribution < -0.4 is 5.32 Å². The van der Waals surface area contributed by atoms with E-state index < -0.39 is 0 Å². The van der Waals surface area contributed by atoms with Gasteiger partial charge in [0.2, 0.25) is 5.95 Å². The molecule has 0 unspecified atom stereocenters. The van der Waals surface area contributed by atoms with E-state index >= 15 is 0 Å². The molecule has 0 amide bonds. The van der Waals surface area contributed by atoms with Crippen molar-refractivity contribution in [1.29, 1.82) is 0 Å². The van der Waals surface area contributed by atoms with Gasteiger partial charge in [-0.3, -0.25) is 0 Å². The molecule has 0 spiro atoms. The molecule has 0 bridgehead atoms. The summed E-state index contributed by atoms with van der Waals surface area (Å²) in [5.41, 5.74) is 0.924. The Labute approximate surface area is 88.3 Å². The molecule has 1 rings (SSSR count). The summed E-state index contributed by atoms with van der Waals surface area (Å²) in [6, 6.07) is 1.76. The minimum absolute atomic E-state index is 0.0545. The fraction of sp³-hybridized carbons (Fsp3) is 0.556. The van der Waals surface area contributed by atoms with Gasteiger partial charge >= 0.3 is 0 Å². The molecule has 78 valence electrons. The smallest absolute Gasteiger partial charge is 0.224 e. The Kier molecular flexibility index (Phi) is 4.62. The molecule has 0 radical (unpaired) electrons. The summed E-state index contributed by atoms with van der Waals surface area (Å²) >= 11 is 5.81. The van der Waals surface area contributed by atoms with Crippen LogP contribution in [0.3, 0.4) is 0 Å². The summed E-state index contributed by atoms with van der Waals surface area (Å²) in [6.07, 6.45) is 1.91. The van der Waals surface area contributed by atoms with E-state index in [-0.39, 0.29) is 6.61 Å². The first-order chi connectivity index (χ1) is 6.76. The summed E-state index contributed by atoms with van der Waals surface area (Å²) in [5.74, 6) is 0.481. The van der Waals surface area contributed by atoms with E-state index in [1.165, 1.54) is 0 Å². The normalized spacial score (nSPS) is 10.2. The highest BCUT2D eigenvalue weighted by Crippen LogP contribution is 2.11. The van der Waals surface area contributed by atoms with E-state index in [2.05, 4.69) is 22.2 Å². The third-order valence-electron chi connectivity index (χ3n) is 1.65. The molecule has 1 aromatic rings. The van der Waals surface area contributed by atoms with Crippen molar-refractivity contribution >= 4 is 17.5 Å². The van der Waals surface area contributed by atoms with Crippen LogP contribution in [0.5, 0.6) is 0 Å². The average Bonchev–Trinajstić information content (AvgIpc) is 2.14. The maximum atomic E-state index is 8.62. The van der Waals surface area contributed by atoms with Crippen LogP contribution in [0, 0.1) is 0 Å². The molecule has 0 aliphatic rings. The number of hydrogen-bond acceptors (Lipinski definition) is 4. The maximum Gasteiger partial charge on any atom is 0.224 e. The van der Waals surface area contributed by atoms with Crippen LogP contribution >= 0.6 is 11.6 Å². The molecule has 0 saturated heterocycles. The average molecular weight is 216 g/mol. The van der Waals surface area contributed by atoms with Crippen LogP contribution in [-0.4, -0.2) is 28.2 Å². The summed E-state index contributed by atoms with van der Waals surface area (Å²) in [6.45, 7) is 2.57. The molecular weight excluding hydrogens is 202 g/mol. The van der Waals surface area contributed by atoms with Crippen molar-refractivity contribution in [2.45, 2.75) is 19.8 Å². The minimum Gasteiger partial charge on any atom is -0.395 e. The summed E-state index contributed by atoms with van der Waals surface area (Å²) in [4.78, 5) is 8.23. The summed E-state index contributed by atoms with van der Waals surface area (Å²) < 4.78 is 0. The number of nitrogens with one attached hydrogen (secondary N) is 1. The van der Waals surface area contributed by atoms with Gasteiger partial charge in [0.1, 0.15) is 5.15 Å². The van der Waals surface area contributed by atoms with Crippen molar-refractivity contribution in [3.05, 3.63) is 16.9 Å². The predicted molar refractivity (Wildman–Crippen MR) is 56.6 cm³/mol. The van der Waals surface area contributed by atoms with Crippen LogP contribution in [0.15, 0.2) is 6.07 Å². The lowest BCUT2D eigenvalue weighted by molar-refractivity contribution is 0.311. The van der Waals surface area contributed by atoms with Gasteiger partial charge in [0.05, 0.1) is 6.61 Å². The number of nitrogens with zero attached hydrogens (tertiary/aromatic N) is 2. The second kappa shape index (κ2) is 5.78. The molecule has 0 atom stereocenters. The molecule has 0 saturated carbocycles. The molecule has 14 heavy (non-hydrogen) atoms. The number of hydrogen-bond donors (Lipinski definition) is 2. The number of aromatic nitrogens is 2. The van der Waals surface area contributed by atoms with Gasteiger partial charge in [-0.15, -0.1) is 0 Å². The van der Waals surface area contributed by atoms with E-state index in [1.54, 1.807) is 6.07 Å². The van der Waals surface area contributed by atoms with Crippen LogP contribution in [0.1, 0.15) is 19.0 Å². The molecule has 2 N–H and O–H groups in total. The number of aliphatic hydroxyl groups excluding tert-OH is 1. The molecule has 0 aromatic carbocycles. The van der Waals surface area contributed by atoms with Gasteiger partial charge in [-0.2, -0.15) is 0 Å². The van der Waals surface area contributed by atoms with Crippen molar-refractivity contribution in [3.63, 3.8) is 0 Å². The van der Waals surface area contributed by atoms with Gasteiger partial charge in [-0.25, -0.2) is 9.97 Å². The molecule has 1 heterocycles. The Hall–Kier alpha value is -0.870. The van der Waals surface area contributed by atoms with E-state index in [1.807, 2.05) is 0 Å². The molecule has 0 fully saturated rings. The Morgan fingerprint density at radius 1 is 1.50 bits per heavy atom. The zero-order valence-electron chi connectivity index (χ0n) is 8.13. The van der Waals surface area contributed by atoms with Gasteiger partial charge < -0.3 is 10.4 Å². The molecule has 1 aromatic heterocycles. The third-order valence-corrected chi connectivity index (χ3v) is 1.84. The Morgan fingerprint density at radius 2 is 2.29 bits per heavy atom. The first-order valence-corrected chi connectivity index (χ1v) is 5.02. The molecule has 0 aliphatic carbocycles. The highest BCUT2D eigenvalue weighted by Gasteiger charge is 2.01. The number of rotatable bonds is 5. The number of aliphatic hydroxyl groups is 1. The minimum atomic E-state index is 0.0545. The summed E-state index contributed by atoms with van der Waals surface area (Å²) in [7, 11) is 0. The first-order valence-electron chi connectivity index (χ1n) is 4.64. The van der Waals surface area contributed by atoms with Crippen molar-refractivity contribution < 1.29 is 5.11 Å². The molecule has 0 aliphatic heterocycles.